The zero-order chi connectivity index (χ0) is 15.4. The van der Waals surface area contributed by atoms with Crippen LogP contribution in [0.15, 0.2) is 0 Å². The number of amides is 1. The Morgan fingerprint density at radius 2 is 2.19 bits per heavy atom. The lowest BCUT2D eigenvalue weighted by atomic mass is 9.95. The number of carbonyl (C=O) groups is 2. The Kier molecular flexibility index (Phi) is 4.99. The molecule has 3 N–H and O–H groups in total. The van der Waals surface area contributed by atoms with Crippen molar-refractivity contribution in [2.45, 2.75) is 38.1 Å². The first-order chi connectivity index (χ1) is 10.1. The molecule has 1 aliphatic carbocycles. The van der Waals surface area contributed by atoms with Crippen LogP contribution in [-0.2, 0) is 22.4 Å². The van der Waals surface area contributed by atoms with Crippen molar-refractivity contribution >= 4 is 28.2 Å². The van der Waals surface area contributed by atoms with Crippen molar-refractivity contribution in [3.8, 4) is 12.3 Å². The number of thiophene rings is 1. The second-order valence-electron chi connectivity index (χ2n) is 4.91. The normalized spacial score (nSPS) is 14.7. The van der Waals surface area contributed by atoms with Crippen molar-refractivity contribution in [2.75, 3.05) is 12.4 Å². The summed E-state index contributed by atoms with van der Waals surface area (Å²) >= 11 is 1.43. The Morgan fingerprint density at radius 3 is 2.86 bits per heavy atom. The third kappa shape index (κ3) is 3.26. The molecule has 0 bridgehead atoms. The van der Waals surface area contributed by atoms with Gasteiger partial charge in [-0.1, -0.05) is 0 Å². The monoisotopic (exact) mass is 306 g/mol. The van der Waals surface area contributed by atoms with Gasteiger partial charge in [0.1, 0.15) is 5.00 Å². The standard InChI is InChI=1S/C15H18N2O3S/c1-3-6-10(16)13(18)17-14-12(15(19)20-2)9-7-4-5-8-11(9)21-14/h1,10H,4-8,16H2,2H3,(H,17,18). The van der Waals surface area contributed by atoms with E-state index in [0.717, 1.165) is 36.1 Å². The van der Waals surface area contributed by atoms with E-state index in [1.54, 1.807) is 0 Å². The van der Waals surface area contributed by atoms with Crippen LogP contribution >= 0.6 is 11.3 Å². The second-order valence-corrected chi connectivity index (χ2v) is 6.02. The number of carbonyl (C=O) groups excluding carboxylic acids is 2. The molecule has 1 amide bonds. The van der Waals surface area contributed by atoms with E-state index in [4.69, 9.17) is 16.9 Å². The summed E-state index contributed by atoms with van der Waals surface area (Å²) in [5.74, 6) is 1.56. The van der Waals surface area contributed by atoms with Crippen LogP contribution in [0.25, 0.3) is 0 Å². The van der Waals surface area contributed by atoms with Crippen LogP contribution in [0.5, 0.6) is 0 Å². The van der Waals surface area contributed by atoms with Gasteiger partial charge in [-0.15, -0.1) is 23.7 Å². The minimum atomic E-state index is -0.778. The Bertz CT molecular complexity index is 601. The predicted molar refractivity (Wildman–Crippen MR) is 82.4 cm³/mol. The van der Waals surface area contributed by atoms with Crippen molar-refractivity contribution in [1.82, 2.24) is 0 Å². The van der Waals surface area contributed by atoms with Gasteiger partial charge >= 0.3 is 5.97 Å². The average Bonchev–Trinajstić information content (AvgIpc) is 2.84. The van der Waals surface area contributed by atoms with Gasteiger partial charge in [-0.2, -0.15) is 0 Å². The van der Waals surface area contributed by atoms with Gasteiger partial charge in [0, 0.05) is 11.3 Å². The molecule has 1 atom stereocenters. The highest BCUT2D eigenvalue weighted by atomic mass is 32.1. The summed E-state index contributed by atoms with van der Waals surface area (Å²) in [6, 6.07) is -0.778. The summed E-state index contributed by atoms with van der Waals surface area (Å²) in [6.45, 7) is 0. The van der Waals surface area contributed by atoms with Crippen molar-refractivity contribution in [1.29, 1.82) is 0 Å². The fourth-order valence-electron chi connectivity index (χ4n) is 2.40. The van der Waals surface area contributed by atoms with E-state index in [1.807, 2.05) is 0 Å². The maximum atomic E-state index is 12.0. The summed E-state index contributed by atoms with van der Waals surface area (Å²) in [6.07, 6.45) is 9.21. The first-order valence-corrected chi connectivity index (χ1v) is 7.62. The molecule has 0 spiro atoms. The lowest BCUT2D eigenvalue weighted by molar-refractivity contribution is -0.117. The molecule has 1 aliphatic rings. The van der Waals surface area contributed by atoms with Gasteiger partial charge in [0.25, 0.3) is 0 Å². The number of esters is 1. The molecule has 5 nitrogen and oxygen atoms in total. The molecule has 0 saturated carbocycles. The summed E-state index contributed by atoms with van der Waals surface area (Å²) in [7, 11) is 1.34. The SMILES string of the molecule is C#CCC(N)C(=O)Nc1sc2c(c1C(=O)OC)CCCC2. The molecular weight excluding hydrogens is 288 g/mol. The molecule has 1 heterocycles. The van der Waals surface area contributed by atoms with Crippen molar-refractivity contribution in [3.63, 3.8) is 0 Å². The number of nitrogens with one attached hydrogen (secondary N) is 1. The molecule has 0 radical (unpaired) electrons. The number of terminal acetylenes is 1. The highest BCUT2D eigenvalue weighted by Gasteiger charge is 2.27. The number of rotatable bonds is 4. The van der Waals surface area contributed by atoms with Gasteiger partial charge in [-0.25, -0.2) is 4.79 Å². The predicted octanol–water partition coefficient (Wildman–Crippen LogP) is 1.70. The highest BCUT2D eigenvalue weighted by Crippen LogP contribution is 2.38. The fourth-order valence-corrected chi connectivity index (χ4v) is 3.68. The van der Waals surface area contributed by atoms with Gasteiger partial charge in [0.15, 0.2) is 0 Å². The van der Waals surface area contributed by atoms with Gasteiger partial charge in [-0.3, -0.25) is 4.79 Å². The Balaban J connectivity index is 2.30. The number of nitrogens with two attached hydrogens (primary N) is 1. The minimum Gasteiger partial charge on any atom is -0.465 e. The third-order valence-corrected chi connectivity index (χ3v) is 4.68. The van der Waals surface area contributed by atoms with Crippen LogP contribution in [0.1, 0.15) is 40.1 Å². The molecule has 6 heteroatoms. The number of methoxy groups -OCH3 is 1. The molecule has 1 unspecified atom stereocenters. The van der Waals surface area contributed by atoms with Crippen molar-refractivity contribution < 1.29 is 14.3 Å². The van der Waals surface area contributed by atoms with E-state index < -0.39 is 12.0 Å². The first kappa shape index (κ1) is 15.5. The van der Waals surface area contributed by atoms with Crippen LogP contribution < -0.4 is 11.1 Å². The summed E-state index contributed by atoms with van der Waals surface area (Å²) in [4.78, 5) is 25.2. The van der Waals surface area contributed by atoms with Gasteiger partial charge < -0.3 is 15.8 Å². The fraction of sp³-hybridized carbons (Fsp3) is 0.467. The van der Waals surface area contributed by atoms with E-state index in [9.17, 15) is 9.59 Å². The van der Waals surface area contributed by atoms with E-state index in [2.05, 4.69) is 11.2 Å². The third-order valence-electron chi connectivity index (χ3n) is 3.47. The zero-order valence-electron chi connectivity index (χ0n) is 11.9. The minimum absolute atomic E-state index is 0.157. The number of anilines is 1. The highest BCUT2D eigenvalue weighted by molar-refractivity contribution is 7.17. The summed E-state index contributed by atoms with van der Waals surface area (Å²) < 4.78 is 4.84. The number of aryl methyl sites for hydroxylation is 1. The Morgan fingerprint density at radius 1 is 1.48 bits per heavy atom. The van der Waals surface area contributed by atoms with Gasteiger partial charge in [0.2, 0.25) is 5.91 Å². The molecular formula is C15H18N2O3S. The number of hydrogen-bond acceptors (Lipinski definition) is 5. The molecule has 112 valence electrons. The smallest absolute Gasteiger partial charge is 0.341 e. The number of ether oxygens (including phenoxy) is 1. The summed E-state index contributed by atoms with van der Waals surface area (Å²) in [5.41, 5.74) is 7.16. The van der Waals surface area contributed by atoms with E-state index >= 15 is 0 Å². The Hall–Kier alpha value is -1.84. The molecule has 2 rings (SSSR count). The van der Waals surface area contributed by atoms with Crippen molar-refractivity contribution in [2.24, 2.45) is 5.73 Å². The van der Waals surface area contributed by atoms with E-state index in [1.165, 1.54) is 18.4 Å². The van der Waals surface area contributed by atoms with Crippen LogP contribution in [-0.4, -0.2) is 25.0 Å². The van der Waals surface area contributed by atoms with Crippen LogP contribution in [0.4, 0.5) is 5.00 Å². The molecule has 0 aromatic carbocycles. The first-order valence-electron chi connectivity index (χ1n) is 6.81. The van der Waals surface area contributed by atoms with Crippen LogP contribution in [0, 0.1) is 12.3 Å². The Labute approximate surface area is 127 Å². The van der Waals surface area contributed by atoms with Crippen molar-refractivity contribution in [3.05, 3.63) is 16.0 Å². The topological polar surface area (TPSA) is 81.4 Å². The maximum Gasteiger partial charge on any atom is 0.341 e. The number of fused-ring (bicyclic) bond motifs is 1. The molecule has 1 aromatic heterocycles. The lowest BCUT2D eigenvalue weighted by Crippen LogP contribution is -2.35. The largest absolute Gasteiger partial charge is 0.465 e. The number of hydrogen-bond donors (Lipinski definition) is 2. The van der Waals surface area contributed by atoms with E-state index in [0.29, 0.717) is 10.6 Å². The molecule has 21 heavy (non-hydrogen) atoms. The van der Waals surface area contributed by atoms with E-state index in [-0.39, 0.29) is 12.3 Å². The molecule has 0 aliphatic heterocycles. The van der Waals surface area contributed by atoms with Crippen LogP contribution in [0.3, 0.4) is 0 Å². The lowest BCUT2D eigenvalue weighted by Gasteiger charge is -2.12. The maximum absolute atomic E-state index is 12.0. The van der Waals surface area contributed by atoms with Gasteiger partial charge in [-0.05, 0) is 31.2 Å². The average molecular weight is 306 g/mol. The molecule has 0 fully saturated rings. The van der Waals surface area contributed by atoms with Crippen LogP contribution in [0.2, 0.25) is 0 Å². The summed E-state index contributed by atoms with van der Waals surface area (Å²) in [5, 5.41) is 3.25. The zero-order valence-corrected chi connectivity index (χ0v) is 12.7. The quantitative estimate of drug-likeness (QED) is 0.655. The molecule has 0 saturated heterocycles. The second kappa shape index (κ2) is 6.74. The van der Waals surface area contributed by atoms with Gasteiger partial charge in [0.05, 0.1) is 18.7 Å². The molecule has 1 aromatic rings.